The first kappa shape index (κ1) is 21.1. The molecule has 0 spiro atoms. The van der Waals surface area contributed by atoms with Crippen molar-refractivity contribution in [3.63, 3.8) is 0 Å². The molecule has 0 radical (unpaired) electrons. The number of hydrogen-bond donors (Lipinski definition) is 1. The van der Waals surface area contributed by atoms with Crippen LogP contribution in [0.25, 0.3) is 11.5 Å². The van der Waals surface area contributed by atoms with Gasteiger partial charge < -0.3 is 14.8 Å². The summed E-state index contributed by atoms with van der Waals surface area (Å²) in [6.07, 6.45) is 6.68. The quantitative estimate of drug-likeness (QED) is 0.489. The number of carbonyl (C=O) groups is 2. The number of nitrogens with one attached hydrogen (secondary N) is 1. The van der Waals surface area contributed by atoms with Gasteiger partial charge in [-0.15, -0.1) is 11.3 Å². The van der Waals surface area contributed by atoms with E-state index in [4.69, 9.17) is 0 Å². The van der Waals surface area contributed by atoms with Gasteiger partial charge >= 0.3 is 0 Å². The minimum absolute atomic E-state index is 0.0265. The highest BCUT2D eigenvalue weighted by Gasteiger charge is 2.30. The number of rotatable bonds is 5. The topological polar surface area (TPSA) is 85.0 Å². The first-order valence-corrected chi connectivity index (χ1v) is 11.8. The summed E-state index contributed by atoms with van der Waals surface area (Å²) in [5.41, 5.74) is 2.31. The molecular weight excluding hydrogens is 436 g/mol. The molecule has 0 aliphatic carbocycles. The molecule has 0 atom stereocenters. The number of nitrogens with zero attached hydrogens (tertiary/aromatic N) is 5. The molecule has 1 saturated heterocycles. The summed E-state index contributed by atoms with van der Waals surface area (Å²) in [6.45, 7) is 2.95. The molecule has 0 bridgehead atoms. The number of carbonyl (C=O) groups excluding carboxylic acids is 2. The summed E-state index contributed by atoms with van der Waals surface area (Å²) in [5.74, 6) is 0.473. The predicted octanol–water partition coefficient (Wildman–Crippen LogP) is 3.92. The maximum atomic E-state index is 13.5. The molecule has 1 aliphatic heterocycles. The number of hydrogen-bond acceptors (Lipinski definition) is 5. The van der Waals surface area contributed by atoms with Crippen LogP contribution >= 0.6 is 11.3 Å². The normalized spacial score (nSPS) is 14.4. The first-order chi connectivity index (χ1) is 16.1. The summed E-state index contributed by atoms with van der Waals surface area (Å²) in [7, 11) is 0. The van der Waals surface area contributed by atoms with E-state index in [1.54, 1.807) is 10.9 Å². The fraction of sp³-hybridized carbons (Fsp3) is 0.250. The number of benzene rings is 1. The van der Waals surface area contributed by atoms with Gasteiger partial charge in [0.25, 0.3) is 5.91 Å². The third-order valence-corrected chi connectivity index (χ3v) is 6.70. The Balaban J connectivity index is 1.32. The lowest BCUT2D eigenvalue weighted by molar-refractivity contribution is -0.121. The summed E-state index contributed by atoms with van der Waals surface area (Å²) < 4.78 is 3.69. The van der Waals surface area contributed by atoms with E-state index >= 15 is 0 Å². The Bertz CT molecular complexity index is 1250. The maximum absolute atomic E-state index is 13.5. The molecule has 1 fully saturated rings. The highest BCUT2D eigenvalue weighted by Crippen LogP contribution is 2.25. The molecule has 1 N–H and O–H groups in total. The molecule has 1 aromatic carbocycles. The molecular formula is C24H24N6O2S. The van der Waals surface area contributed by atoms with Crippen molar-refractivity contribution in [1.82, 2.24) is 24.2 Å². The number of para-hydroxylation sites is 1. The molecule has 2 amide bonds. The van der Waals surface area contributed by atoms with Crippen LogP contribution in [0.2, 0.25) is 0 Å². The van der Waals surface area contributed by atoms with E-state index in [0.29, 0.717) is 42.4 Å². The zero-order chi connectivity index (χ0) is 22.8. The lowest BCUT2D eigenvalue weighted by Gasteiger charge is -2.31. The summed E-state index contributed by atoms with van der Waals surface area (Å²) in [4.78, 5) is 32.2. The monoisotopic (exact) mass is 460 g/mol. The Morgan fingerprint density at radius 2 is 1.79 bits per heavy atom. The van der Waals surface area contributed by atoms with Crippen LogP contribution in [-0.4, -0.2) is 49.1 Å². The van der Waals surface area contributed by atoms with Gasteiger partial charge in [-0.05, 0) is 44.0 Å². The Kier molecular flexibility index (Phi) is 5.78. The Morgan fingerprint density at radius 3 is 2.45 bits per heavy atom. The molecule has 0 unspecified atom stereocenters. The number of aromatic nitrogens is 4. The van der Waals surface area contributed by atoms with E-state index < -0.39 is 0 Å². The molecule has 33 heavy (non-hydrogen) atoms. The molecule has 4 heterocycles. The standard InChI is InChI=1S/C24H24N6O2S/c1-17-16-33-24(26-17)27-21(31)18-9-13-29(14-10-18)23(32)20-15-25-30(19-7-3-2-4-8-19)22(20)28-11-5-6-12-28/h2-8,11-12,15-16,18H,9-10,13-14H2,1H3,(H,26,27,31). The van der Waals surface area contributed by atoms with Crippen LogP contribution in [0.4, 0.5) is 5.13 Å². The fourth-order valence-electron chi connectivity index (χ4n) is 4.11. The van der Waals surface area contributed by atoms with E-state index in [0.717, 1.165) is 11.4 Å². The Hall–Kier alpha value is -3.72. The average Bonchev–Trinajstić information content (AvgIpc) is 3.60. The van der Waals surface area contributed by atoms with Crippen molar-refractivity contribution in [2.45, 2.75) is 19.8 Å². The highest BCUT2D eigenvalue weighted by molar-refractivity contribution is 7.13. The van der Waals surface area contributed by atoms with Crippen LogP contribution in [0.15, 0.2) is 66.4 Å². The third-order valence-electron chi connectivity index (χ3n) is 5.83. The van der Waals surface area contributed by atoms with E-state index in [-0.39, 0.29) is 17.7 Å². The van der Waals surface area contributed by atoms with Crippen LogP contribution in [-0.2, 0) is 4.79 Å². The number of aryl methyl sites for hydroxylation is 1. The van der Waals surface area contributed by atoms with Crippen molar-refractivity contribution < 1.29 is 9.59 Å². The van der Waals surface area contributed by atoms with Gasteiger partial charge in [-0.2, -0.15) is 5.10 Å². The number of likely N-dealkylation sites (tertiary alicyclic amines) is 1. The van der Waals surface area contributed by atoms with Crippen molar-refractivity contribution >= 4 is 28.3 Å². The van der Waals surface area contributed by atoms with Crippen LogP contribution in [0.5, 0.6) is 0 Å². The van der Waals surface area contributed by atoms with Gasteiger partial charge in [0.15, 0.2) is 10.9 Å². The predicted molar refractivity (Wildman–Crippen MR) is 127 cm³/mol. The van der Waals surface area contributed by atoms with Gasteiger partial charge in [-0.3, -0.25) is 9.59 Å². The van der Waals surface area contributed by atoms with Crippen LogP contribution in [0.1, 0.15) is 28.9 Å². The van der Waals surface area contributed by atoms with Crippen molar-refractivity contribution in [1.29, 1.82) is 0 Å². The molecule has 4 aromatic rings. The summed E-state index contributed by atoms with van der Waals surface area (Å²) in [6, 6.07) is 13.6. The van der Waals surface area contributed by atoms with Gasteiger partial charge in [0.1, 0.15) is 5.56 Å². The van der Waals surface area contributed by atoms with Crippen LogP contribution in [0, 0.1) is 12.8 Å². The van der Waals surface area contributed by atoms with E-state index in [1.165, 1.54) is 11.3 Å². The van der Waals surface area contributed by atoms with Crippen LogP contribution < -0.4 is 5.32 Å². The van der Waals surface area contributed by atoms with Crippen molar-refractivity contribution in [3.05, 3.63) is 77.7 Å². The number of piperidine rings is 1. The number of anilines is 1. The molecule has 5 rings (SSSR count). The lowest BCUT2D eigenvalue weighted by Crippen LogP contribution is -2.41. The molecule has 1 aliphatic rings. The molecule has 168 valence electrons. The molecule has 0 saturated carbocycles. The Morgan fingerprint density at radius 1 is 1.06 bits per heavy atom. The SMILES string of the molecule is Cc1csc(NC(=O)C2CCN(C(=O)c3cnn(-c4ccccc4)c3-n3cccc3)CC2)n1. The second-order valence-corrected chi connectivity index (χ2v) is 8.93. The van der Waals surface area contributed by atoms with Gasteiger partial charge in [0, 0.05) is 36.8 Å². The van der Waals surface area contributed by atoms with E-state index in [9.17, 15) is 9.59 Å². The summed E-state index contributed by atoms with van der Waals surface area (Å²) in [5, 5.41) is 9.97. The molecule has 8 nitrogen and oxygen atoms in total. The van der Waals surface area contributed by atoms with Gasteiger partial charge in [0.05, 0.1) is 17.6 Å². The fourth-order valence-corrected chi connectivity index (χ4v) is 4.80. The van der Waals surface area contributed by atoms with Gasteiger partial charge in [-0.1, -0.05) is 18.2 Å². The van der Waals surface area contributed by atoms with Crippen LogP contribution in [0.3, 0.4) is 0 Å². The first-order valence-electron chi connectivity index (χ1n) is 10.9. The largest absolute Gasteiger partial charge is 0.338 e. The lowest BCUT2D eigenvalue weighted by atomic mass is 9.95. The average molecular weight is 461 g/mol. The Labute approximate surface area is 195 Å². The van der Waals surface area contributed by atoms with Crippen molar-refractivity contribution in [2.24, 2.45) is 5.92 Å². The smallest absolute Gasteiger partial charge is 0.259 e. The van der Waals surface area contributed by atoms with E-state index in [1.807, 2.05) is 76.6 Å². The van der Waals surface area contributed by atoms with Gasteiger partial charge in [0.2, 0.25) is 5.91 Å². The highest BCUT2D eigenvalue weighted by atomic mass is 32.1. The minimum Gasteiger partial charge on any atom is -0.338 e. The third kappa shape index (κ3) is 4.31. The zero-order valence-corrected chi connectivity index (χ0v) is 19.0. The number of amides is 2. The molecule has 9 heteroatoms. The van der Waals surface area contributed by atoms with E-state index in [2.05, 4.69) is 15.4 Å². The zero-order valence-electron chi connectivity index (χ0n) is 18.2. The second kappa shape index (κ2) is 9.03. The van der Waals surface area contributed by atoms with Crippen molar-refractivity contribution in [2.75, 3.05) is 18.4 Å². The maximum Gasteiger partial charge on any atom is 0.259 e. The summed E-state index contributed by atoms with van der Waals surface area (Å²) >= 11 is 1.43. The number of thiazole rings is 1. The van der Waals surface area contributed by atoms with Crippen molar-refractivity contribution in [3.8, 4) is 11.5 Å². The second-order valence-electron chi connectivity index (χ2n) is 8.07. The van der Waals surface area contributed by atoms with Gasteiger partial charge in [-0.25, -0.2) is 9.67 Å². The minimum atomic E-state index is -0.130. The molecule has 3 aromatic heterocycles.